The first-order valence-corrected chi connectivity index (χ1v) is 7.21. The Hall–Kier alpha value is 0.170. The van der Waals surface area contributed by atoms with Gasteiger partial charge in [-0.1, -0.05) is 12.8 Å². The van der Waals surface area contributed by atoms with E-state index in [-0.39, 0.29) is 5.92 Å². The molecule has 1 aliphatic carbocycles. The number of rotatable bonds is 3. The van der Waals surface area contributed by atoms with Gasteiger partial charge < -0.3 is 5.73 Å². The first-order chi connectivity index (χ1) is 5.93. The molecule has 0 aromatic rings. The third-order valence-corrected chi connectivity index (χ3v) is 4.68. The van der Waals surface area contributed by atoms with E-state index in [1.165, 1.54) is 0 Å². The van der Waals surface area contributed by atoms with Gasteiger partial charge >= 0.3 is 6.92 Å². The summed E-state index contributed by atoms with van der Waals surface area (Å²) in [7, 11) is 0. The summed E-state index contributed by atoms with van der Waals surface area (Å²) in [6.07, 6.45) is 3.75. The summed E-state index contributed by atoms with van der Waals surface area (Å²) in [6, 6.07) is 0. The second-order valence-electron chi connectivity index (χ2n) is 3.51. The van der Waals surface area contributed by atoms with E-state index in [4.69, 9.17) is 5.73 Å². The molecule has 1 amide bonds. The summed E-state index contributed by atoms with van der Waals surface area (Å²) in [6.45, 7) is -3.41. The fourth-order valence-corrected chi connectivity index (χ4v) is 4.07. The summed E-state index contributed by atoms with van der Waals surface area (Å²) in [5.41, 5.74) is 4.27. The van der Waals surface area contributed by atoms with Gasteiger partial charge in [0, 0.05) is 5.92 Å². The molecule has 0 aromatic carbocycles. The summed E-state index contributed by atoms with van der Waals surface area (Å²) in [4.78, 5) is 29.7. The monoisotopic (exact) mass is 224 g/mol. The predicted molar refractivity (Wildman–Crippen MR) is 55.3 cm³/mol. The molecule has 0 aromatic heterocycles. The highest BCUT2D eigenvalue weighted by Gasteiger charge is 2.50. The Morgan fingerprint density at radius 2 is 1.92 bits per heavy atom. The summed E-state index contributed by atoms with van der Waals surface area (Å²) in [5, 5.41) is 0. The molecule has 1 unspecified atom stereocenters. The van der Waals surface area contributed by atoms with Crippen LogP contribution in [0.15, 0.2) is 0 Å². The zero-order valence-electron chi connectivity index (χ0n) is 7.26. The minimum atomic E-state index is -3.41. The highest BCUT2D eigenvalue weighted by atomic mass is 32.7. The number of carbonyl (C=O) groups is 1. The molecule has 0 spiro atoms. The molecule has 0 saturated heterocycles. The van der Waals surface area contributed by atoms with Crippen LogP contribution in [0.1, 0.15) is 25.7 Å². The van der Waals surface area contributed by atoms with Crippen molar-refractivity contribution in [2.75, 3.05) is 0 Å². The second kappa shape index (κ2) is 4.13. The largest absolute Gasteiger partial charge is 0.366 e. The van der Waals surface area contributed by atoms with Crippen molar-refractivity contribution in [1.82, 2.24) is 0 Å². The van der Waals surface area contributed by atoms with Gasteiger partial charge in [0.25, 0.3) is 5.91 Å². The number of amides is 1. The quantitative estimate of drug-likeness (QED) is 0.421. The molecule has 1 rings (SSSR count). The lowest BCUT2D eigenvalue weighted by molar-refractivity contribution is -0.118. The Balaban J connectivity index is 2.72. The minimum absolute atomic E-state index is 0.0123. The highest BCUT2D eigenvalue weighted by molar-refractivity contribution is 8.49. The molecule has 6 heteroatoms. The average Bonchev–Trinajstić information content (AvgIpc) is 2.34. The van der Waals surface area contributed by atoms with Crippen molar-refractivity contribution in [2.24, 2.45) is 11.7 Å². The molecule has 0 heterocycles. The molecule has 76 valence electrons. The molecule has 1 aliphatic rings. The Labute approximate surface area is 83.2 Å². The third-order valence-electron chi connectivity index (χ3n) is 2.51. The Kier molecular flexibility index (Phi) is 3.57. The Morgan fingerprint density at radius 1 is 1.46 bits per heavy atom. The molecule has 1 saturated carbocycles. The van der Waals surface area contributed by atoms with Crippen LogP contribution in [-0.4, -0.2) is 21.4 Å². The SMILES string of the molecule is NC(=O)C(C1CCCC1)[P+](O)(O)S. The first kappa shape index (κ1) is 11.2. The van der Waals surface area contributed by atoms with Gasteiger partial charge in [0.2, 0.25) is 5.66 Å². The average molecular weight is 224 g/mol. The molecule has 1 fully saturated rings. The fraction of sp³-hybridized carbons (Fsp3) is 0.857. The van der Waals surface area contributed by atoms with Gasteiger partial charge in [0.05, 0.1) is 12.2 Å². The van der Waals surface area contributed by atoms with Crippen molar-refractivity contribution in [1.29, 1.82) is 0 Å². The molecule has 0 bridgehead atoms. The lowest BCUT2D eigenvalue weighted by Crippen LogP contribution is -2.34. The zero-order chi connectivity index (χ0) is 10.1. The number of hydrogen-bond acceptors (Lipinski definition) is 4. The van der Waals surface area contributed by atoms with Gasteiger partial charge in [-0.05, 0) is 12.8 Å². The number of primary amides is 1. The molecule has 0 radical (unpaired) electrons. The summed E-state index contributed by atoms with van der Waals surface area (Å²) in [5.74, 6) is -0.626. The topological polar surface area (TPSA) is 83.6 Å². The van der Waals surface area contributed by atoms with Crippen molar-refractivity contribution in [3.8, 4) is 0 Å². The van der Waals surface area contributed by atoms with Gasteiger partial charge in [-0.25, -0.2) is 9.79 Å². The molecular formula is C7H15NO3PS+. The van der Waals surface area contributed by atoms with E-state index >= 15 is 0 Å². The number of carbonyl (C=O) groups excluding carboxylic acids is 1. The standard InChI is InChI=1S/C7H14NO3PS/c8-7(9)6(12(10,11)13)5-3-1-2-4-5/h5-6,10-11,13H,1-4H2,(H-,8,9)/p+1. The normalized spacial score (nSPS) is 21.8. The van der Waals surface area contributed by atoms with Gasteiger partial charge in [-0.2, -0.15) is 0 Å². The van der Waals surface area contributed by atoms with E-state index in [1.54, 1.807) is 0 Å². The van der Waals surface area contributed by atoms with Crippen molar-refractivity contribution in [2.45, 2.75) is 31.3 Å². The lowest BCUT2D eigenvalue weighted by Gasteiger charge is -2.20. The highest BCUT2D eigenvalue weighted by Crippen LogP contribution is 2.63. The van der Waals surface area contributed by atoms with E-state index in [0.29, 0.717) is 0 Å². The number of thiol groups is 1. The van der Waals surface area contributed by atoms with Crippen LogP contribution in [0.3, 0.4) is 0 Å². The van der Waals surface area contributed by atoms with E-state index in [9.17, 15) is 14.6 Å². The van der Waals surface area contributed by atoms with Crippen molar-refractivity contribution in [3.63, 3.8) is 0 Å². The molecule has 4 nitrogen and oxygen atoms in total. The second-order valence-corrected chi connectivity index (χ2v) is 7.06. The summed E-state index contributed by atoms with van der Waals surface area (Å²) < 4.78 is 0. The number of hydrogen-bond donors (Lipinski definition) is 4. The van der Waals surface area contributed by atoms with Crippen LogP contribution in [0.4, 0.5) is 0 Å². The Bertz CT molecular complexity index is 200. The smallest absolute Gasteiger partial charge is 0.336 e. The fourth-order valence-electron chi connectivity index (χ4n) is 1.96. The first-order valence-electron chi connectivity index (χ1n) is 4.29. The molecule has 0 aliphatic heterocycles. The van der Waals surface area contributed by atoms with Crippen LogP contribution in [0.5, 0.6) is 0 Å². The maximum Gasteiger partial charge on any atom is 0.336 e. The maximum atomic E-state index is 11.0. The third kappa shape index (κ3) is 2.81. The van der Waals surface area contributed by atoms with E-state index in [0.717, 1.165) is 25.7 Å². The van der Waals surface area contributed by atoms with Gasteiger partial charge in [-0.3, -0.25) is 4.79 Å². The zero-order valence-corrected chi connectivity index (χ0v) is 9.05. The van der Waals surface area contributed by atoms with Crippen molar-refractivity contribution >= 4 is 25.1 Å². The van der Waals surface area contributed by atoms with Crippen LogP contribution in [-0.2, 0) is 4.79 Å². The van der Waals surface area contributed by atoms with E-state index in [2.05, 4.69) is 12.2 Å². The van der Waals surface area contributed by atoms with Gasteiger partial charge in [0.1, 0.15) is 0 Å². The molecule has 13 heavy (non-hydrogen) atoms. The molecule has 4 N–H and O–H groups in total. The molecule has 1 atom stereocenters. The van der Waals surface area contributed by atoms with Crippen LogP contribution >= 0.6 is 19.2 Å². The maximum absolute atomic E-state index is 11.0. The van der Waals surface area contributed by atoms with E-state index < -0.39 is 18.5 Å². The van der Waals surface area contributed by atoms with Crippen LogP contribution in [0, 0.1) is 5.92 Å². The van der Waals surface area contributed by atoms with Crippen molar-refractivity contribution in [3.05, 3.63) is 0 Å². The minimum Gasteiger partial charge on any atom is -0.366 e. The van der Waals surface area contributed by atoms with Gasteiger partial charge in [0.15, 0.2) is 0 Å². The Morgan fingerprint density at radius 3 is 2.23 bits per heavy atom. The summed E-state index contributed by atoms with van der Waals surface area (Å²) >= 11 is 3.69. The van der Waals surface area contributed by atoms with Gasteiger partial charge in [-0.15, -0.1) is 0 Å². The van der Waals surface area contributed by atoms with Crippen LogP contribution in [0.25, 0.3) is 0 Å². The van der Waals surface area contributed by atoms with Crippen molar-refractivity contribution < 1.29 is 14.6 Å². The number of nitrogens with two attached hydrogens (primary N) is 1. The van der Waals surface area contributed by atoms with Crippen LogP contribution < -0.4 is 5.73 Å². The lowest BCUT2D eigenvalue weighted by atomic mass is 10.0. The predicted octanol–water partition coefficient (Wildman–Crippen LogP) is 0.707. The van der Waals surface area contributed by atoms with Crippen LogP contribution in [0.2, 0.25) is 0 Å². The van der Waals surface area contributed by atoms with E-state index in [1.807, 2.05) is 0 Å². The molecular weight excluding hydrogens is 209 g/mol.